The van der Waals surface area contributed by atoms with Crippen molar-refractivity contribution in [2.24, 2.45) is 0 Å². The number of hydrogen-bond donors (Lipinski definition) is 1. The lowest BCUT2D eigenvalue weighted by Crippen LogP contribution is -2.34. The van der Waals surface area contributed by atoms with E-state index < -0.39 is 25.6 Å². The van der Waals surface area contributed by atoms with Crippen LogP contribution in [0.25, 0.3) is 0 Å². The average molecular weight is 214 g/mol. The summed E-state index contributed by atoms with van der Waals surface area (Å²) in [6.07, 6.45) is -13.4. The van der Waals surface area contributed by atoms with Gasteiger partial charge in [0.25, 0.3) is 0 Å². The third-order valence-electron chi connectivity index (χ3n) is 0.679. The Hall–Kier alpha value is -0.540. The summed E-state index contributed by atoms with van der Waals surface area (Å²) in [5, 5.41) is 8.00. The van der Waals surface area contributed by atoms with E-state index in [1.807, 2.05) is 0 Å². The van der Waals surface area contributed by atoms with Gasteiger partial charge in [-0.15, -0.1) is 26.3 Å². The highest BCUT2D eigenvalue weighted by Gasteiger charge is 2.40. The lowest BCUT2D eigenvalue weighted by molar-refractivity contribution is -0.442. The molecule has 0 atom stereocenters. The van der Waals surface area contributed by atoms with Crippen LogP contribution in [0.2, 0.25) is 0 Å². The van der Waals surface area contributed by atoms with Crippen molar-refractivity contribution in [2.45, 2.75) is 19.0 Å². The van der Waals surface area contributed by atoms with E-state index in [4.69, 9.17) is 5.11 Å². The third kappa shape index (κ3) is 7.81. The summed E-state index contributed by atoms with van der Waals surface area (Å²) in [5.41, 5.74) is 0. The fourth-order valence-corrected chi connectivity index (χ4v) is 0.397. The van der Waals surface area contributed by atoms with Gasteiger partial charge in [-0.3, -0.25) is 9.47 Å². The number of aliphatic hydroxyl groups is 1. The number of alkyl halides is 6. The Labute approximate surface area is 67.8 Å². The minimum absolute atomic E-state index is 1.56. The monoisotopic (exact) mass is 214 g/mol. The van der Waals surface area contributed by atoms with Crippen molar-refractivity contribution in [3.8, 4) is 0 Å². The van der Waals surface area contributed by atoms with E-state index in [1.54, 1.807) is 0 Å². The molecule has 0 aromatic heterocycles. The van der Waals surface area contributed by atoms with Crippen LogP contribution < -0.4 is 0 Å². The summed E-state index contributed by atoms with van der Waals surface area (Å²) in [4.78, 5) is 0. The maximum atomic E-state index is 11.3. The van der Waals surface area contributed by atoms with E-state index in [1.165, 1.54) is 0 Å². The molecule has 0 aliphatic carbocycles. The SMILES string of the molecule is OCC(OC(F)(F)F)OC(F)(F)F. The maximum absolute atomic E-state index is 11.3. The molecule has 0 unspecified atom stereocenters. The van der Waals surface area contributed by atoms with Gasteiger partial charge in [-0.25, -0.2) is 0 Å². The van der Waals surface area contributed by atoms with Gasteiger partial charge in [0.2, 0.25) is 0 Å². The molecule has 9 heteroatoms. The average Bonchev–Trinajstić information content (AvgIpc) is 1.79. The van der Waals surface area contributed by atoms with Crippen LogP contribution in [0.4, 0.5) is 26.3 Å². The predicted molar refractivity (Wildman–Crippen MR) is 25.2 cm³/mol. The molecule has 0 aliphatic rings. The molecule has 3 nitrogen and oxygen atoms in total. The van der Waals surface area contributed by atoms with Crippen LogP contribution in [0.15, 0.2) is 0 Å². The summed E-state index contributed by atoms with van der Waals surface area (Å²) >= 11 is 0. The van der Waals surface area contributed by atoms with E-state index in [0.29, 0.717) is 0 Å². The quantitative estimate of drug-likeness (QED) is 0.569. The predicted octanol–water partition coefficient (Wildman–Crippen LogP) is 1.38. The Morgan fingerprint density at radius 2 is 1.23 bits per heavy atom. The lowest BCUT2D eigenvalue weighted by atomic mass is 10.7. The molecule has 0 heterocycles. The van der Waals surface area contributed by atoms with Gasteiger partial charge in [-0.1, -0.05) is 0 Å². The van der Waals surface area contributed by atoms with Crippen molar-refractivity contribution in [1.29, 1.82) is 0 Å². The molecule has 0 fully saturated rings. The summed E-state index contributed by atoms with van der Waals surface area (Å²) in [6.45, 7) is -1.56. The summed E-state index contributed by atoms with van der Waals surface area (Å²) in [7, 11) is 0. The standard InChI is InChI=1S/C4H4F6O3/c5-3(6,7)12-2(1-11)13-4(8,9)10/h2,11H,1H2. The van der Waals surface area contributed by atoms with Crippen molar-refractivity contribution >= 4 is 0 Å². The first-order chi connectivity index (χ1) is 5.64. The van der Waals surface area contributed by atoms with Crippen LogP contribution in [0.5, 0.6) is 0 Å². The first kappa shape index (κ1) is 12.5. The molecule has 0 spiro atoms. The van der Waals surface area contributed by atoms with E-state index >= 15 is 0 Å². The highest BCUT2D eigenvalue weighted by Crippen LogP contribution is 2.24. The molecule has 80 valence electrons. The molecule has 0 aliphatic heterocycles. The highest BCUT2D eigenvalue weighted by molar-refractivity contribution is 4.43. The molecule has 0 saturated heterocycles. The summed E-state index contributed by atoms with van der Waals surface area (Å²) in [5.74, 6) is 0. The molecule has 0 radical (unpaired) electrons. The zero-order valence-corrected chi connectivity index (χ0v) is 5.82. The van der Waals surface area contributed by atoms with Crippen molar-refractivity contribution in [2.75, 3.05) is 6.61 Å². The Balaban J connectivity index is 4.05. The smallest absolute Gasteiger partial charge is 0.391 e. The van der Waals surface area contributed by atoms with Gasteiger partial charge >= 0.3 is 12.7 Å². The second kappa shape index (κ2) is 4.11. The van der Waals surface area contributed by atoms with Crippen molar-refractivity contribution in [3.05, 3.63) is 0 Å². The van der Waals surface area contributed by atoms with Crippen LogP contribution in [0, 0.1) is 0 Å². The Morgan fingerprint density at radius 1 is 0.923 bits per heavy atom. The third-order valence-corrected chi connectivity index (χ3v) is 0.679. The molecule has 0 bridgehead atoms. The van der Waals surface area contributed by atoms with Gasteiger partial charge in [0.1, 0.15) is 0 Å². The Kier molecular flexibility index (Phi) is 3.94. The zero-order chi connectivity index (χ0) is 10.7. The van der Waals surface area contributed by atoms with Gasteiger partial charge in [0.05, 0.1) is 6.61 Å². The van der Waals surface area contributed by atoms with Crippen LogP contribution in [0.3, 0.4) is 0 Å². The molecular formula is C4H4F6O3. The molecule has 13 heavy (non-hydrogen) atoms. The number of hydrogen-bond acceptors (Lipinski definition) is 3. The van der Waals surface area contributed by atoms with Gasteiger partial charge in [0, 0.05) is 0 Å². The molecule has 0 aromatic rings. The van der Waals surface area contributed by atoms with Gasteiger partial charge in [0.15, 0.2) is 6.29 Å². The van der Waals surface area contributed by atoms with Crippen LogP contribution in [0.1, 0.15) is 0 Å². The normalized spacial score (nSPS) is 13.8. The Morgan fingerprint density at radius 3 is 1.38 bits per heavy atom. The number of halogens is 6. The highest BCUT2D eigenvalue weighted by atomic mass is 19.4. The minimum Gasteiger partial charge on any atom is -0.391 e. The molecule has 0 amide bonds. The molecule has 0 rings (SSSR count). The lowest BCUT2D eigenvalue weighted by Gasteiger charge is -2.18. The zero-order valence-electron chi connectivity index (χ0n) is 5.82. The fraction of sp³-hybridized carbons (Fsp3) is 1.00. The first-order valence-electron chi connectivity index (χ1n) is 2.74. The number of aliphatic hydroxyl groups excluding tert-OH is 1. The second-order valence-corrected chi connectivity index (χ2v) is 1.74. The summed E-state index contributed by atoms with van der Waals surface area (Å²) in [6, 6.07) is 0. The molecular weight excluding hydrogens is 210 g/mol. The van der Waals surface area contributed by atoms with E-state index in [2.05, 4.69) is 9.47 Å². The second-order valence-electron chi connectivity index (χ2n) is 1.74. The molecule has 0 aromatic carbocycles. The van der Waals surface area contributed by atoms with Crippen LogP contribution in [-0.2, 0) is 9.47 Å². The minimum atomic E-state index is -5.29. The maximum Gasteiger partial charge on any atom is 0.524 e. The van der Waals surface area contributed by atoms with Gasteiger partial charge in [-0.2, -0.15) is 0 Å². The molecule has 1 N–H and O–H groups in total. The Bertz CT molecular complexity index is 135. The number of rotatable bonds is 3. The van der Waals surface area contributed by atoms with Crippen molar-refractivity contribution in [1.82, 2.24) is 0 Å². The fourth-order valence-electron chi connectivity index (χ4n) is 0.397. The van der Waals surface area contributed by atoms with E-state index in [0.717, 1.165) is 0 Å². The molecule has 0 saturated carbocycles. The van der Waals surface area contributed by atoms with Crippen LogP contribution in [-0.4, -0.2) is 30.7 Å². The van der Waals surface area contributed by atoms with E-state index in [-0.39, 0.29) is 0 Å². The summed E-state index contributed by atoms with van der Waals surface area (Å²) < 4.78 is 73.3. The van der Waals surface area contributed by atoms with E-state index in [9.17, 15) is 26.3 Å². The number of ether oxygens (including phenoxy) is 2. The van der Waals surface area contributed by atoms with Crippen molar-refractivity contribution in [3.63, 3.8) is 0 Å². The first-order valence-corrected chi connectivity index (χ1v) is 2.74. The van der Waals surface area contributed by atoms with Crippen molar-refractivity contribution < 1.29 is 40.9 Å². The van der Waals surface area contributed by atoms with Gasteiger partial charge < -0.3 is 5.11 Å². The van der Waals surface area contributed by atoms with Gasteiger partial charge in [-0.05, 0) is 0 Å². The van der Waals surface area contributed by atoms with Crippen LogP contribution >= 0.6 is 0 Å². The topological polar surface area (TPSA) is 38.7 Å². The largest absolute Gasteiger partial charge is 0.524 e.